The fourth-order valence-electron chi connectivity index (χ4n) is 0.513. The standard InChI is InChI=1S/C7H12O2.Zr/c1-3-4-5-7(9)6(2)8;/h3-5H2,1-2H3;/q;+2. The fourth-order valence-corrected chi connectivity index (χ4v) is 0.513. The number of ketones is 2. The molecule has 3 heteroatoms. The van der Waals surface area contributed by atoms with Crippen LogP contribution < -0.4 is 0 Å². The van der Waals surface area contributed by atoms with E-state index in [1.54, 1.807) is 0 Å². The molecule has 2 nitrogen and oxygen atoms in total. The van der Waals surface area contributed by atoms with Crippen LogP contribution in [0.2, 0.25) is 0 Å². The van der Waals surface area contributed by atoms with Gasteiger partial charge in [0.2, 0.25) is 0 Å². The Balaban J connectivity index is 0. The molecule has 0 radical (unpaired) electrons. The first-order valence-electron chi connectivity index (χ1n) is 3.22. The Bertz CT molecular complexity index is 121. The van der Waals surface area contributed by atoms with Crippen LogP contribution in [0.3, 0.4) is 0 Å². The van der Waals surface area contributed by atoms with Gasteiger partial charge in [-0.1, -0.05) is 13.3 Å². The van der Waals surface area contributed by atoms with Crippen molar-refractivity contribution in [2.24, 2.45) is 0 Å². The Labute approximate surface area is 80.5 Å². The van der Waals surface area contributed by atoms with Gasteiger partial charge in [0.05, 0.1) is 0 Å². The van der Waals surface area contributed by atoms with E-state index in [1.807, 2.05) is 6.92 Å². The summed E-state index contributed by atoms with van der Waals surface area (Å²) >= 11 is 0. The molecule has 0 unspecified atom stereocenters. The van der Waals surface area contributed by atoms with Crippen LogP contribution in [0.1, 0.15) is 33.1 Å². The SMILES string of the molecule is CCCCC(=O)C(C)=O.[Zr+2]. The molecule has 0 aromatic carbocycles. The molecule has 0 saturated carbocycles. The van der Waals surface area contributed by atoms with E-state index in [2.05, 4.69) is 0 Å². The van der Waals surface area contributed by atoms with Crippen molar-refractivity contribution in [2.75, 3.05) is 0 Å². The second kappa shape index (κ2) is 7.33. The van der Waals surface area contributed by atoms with Gasteiger partial charge >= 0.3 is 26.2 Å². The molecule has 0 saturated heterocycles. The molecule has 10 heavy (non-hydrogen) atoms. The van der Waals surface area contributed by atoms with Crippen molar-refractivity contribution in [3.05, 3.63) is 0 Å². The molecule has 54 valence electrons. The largest absolute Gasteiger partial charge is 2.00 e. The number of hydrogen-bond donors (Lipinski definition) is 0. The second-order valence-electron chi connectivity index (χ2n) is 2.08. The zero-order valence-electron chi connectivity index (χ0n) is 6.44. The molecule has 0 aliphatic heterocycles. The molecule has 0 aliphatic carbocycles. The topological polar surface area (TPSA) is 34.1 Å². The Kier molecular flexibility index (Phi) is 9.43. The van der Waals surface area contributed by atoms with Crippen molar-refractivity contribution in [3.8, 4) is 0 Å². The molecule has 0 aromatic heterocycles. The predicted molar refractivity (Wildman–Crippen MR) is 35.2 cm³/mol. The number of carbonyl (C=O) groups excluding carboxylic acids is 2. The van der Waals surface area contributed by atoms with Gasteiger partial charge in [-0.25, -0.2) is 0 Å². The average molecular weight is 219 g/mol. The van der Waals surface area contributed by atoms with E-state index in [0.29, 0.717) is 6.42 Å². The third-order valence-electron chi connectivity index (χ3n) is 1.15. The van der Waals surface area contributed by atoms with E-state index in [1.165, 1.54) is 6.92 Å². The van der Waals surface area contributed by atoms with Gasteiger partial charge < -0.3 is 0 Å². The summed E-state index contributed by atoms with van der Waals surface area (Å²) in [7, 11) is 0. The minimum absolute atomic E-state index is 0. The first-order valence-corrected chi connectivity index (χ1v) is 3.22. The van der Waals surface area contributed by atoms with Crippen LogP contribution in [0.5, 0.6) is 0 Å². The van der Waals surface area contributed by atoms with Crippen molar-refractivity contribution in [1.82, 2.24) is 0 Å². The number of carbonyl (C=O) groups is 2. The van der Waals surface area contributed by atoms with Gasteiger partial charge in [-0.15, -0.1) is 0 Å². The minimum Gasteiger partial charge on any atom is -0.291 e. The summed E-state index contributed by atoms with van der Waals surface area (Å²) in [6.07, 6.45) is 2.23. The van der Waals surface area contributed by atoms with E-state index in [0.717, 1.165) is 12.8 Å². The zero-order valence-corrected chi connectivity index (χ0v) is 8.90. The predicted octanol–water partition coefficient (Wildman–Crippen LogP) is 1.33. The third-order valence-corrected chi connectivity index (χ3v) is 1.15. The smallest absolute Gasteiger partial charge is 0.291 e. The molecule has 0 N–H and O–H groups in total. The molecule has 0 atom stereocenters. The molecule has 0 aromatic rings. The summed E-state index contributed by atoms with van der Waals surface area (Å²) in [5, 5.41) is 0. The molecule has 0 aliphatic rings. The van der Waals surface area contributed by atoms with Crippen molar-refractivity contribution < 1.29 is 35.8 Å². The van der Waals surface area contributed by atoms with Gasteiger partial charge in [-0.05, 0) is 6.42 Å². The maximum atomic E-state index is 10.6. The van der Waals surface area contributed by atoms with Crippen LogP contribution in [0.25, 0.3) is 0 Å². The maximum absolute atomic E-state index is 10.6. The molecular formula is C7H12O2Zr+2. The van der Waals surface area contributed by atoms with Gasteiger partial charge in [-0.2, -0.15) is 0 Å². The molecule has 0 heterocycles. The fraction of sp³-hybridized carbons (Fsp3) is 0.714. The molecular weight excluding hydrogens is 207 g/mol. The summed E-state index contributed by atoms with van der Waals surface area (Å²) in [5.74, 6) is -0.555. The van der Waals surface area contributed by atoms with E-state index < -0.39 is 0 Å². The summed E-state index contributed by atoms with van der Waals surface area (Å²) in [4.78, 5) is 20.9. The maximum Gasteiger partial charge on any atom is 2.00 e. The van der Waals surface area contributed by atoms with Crippen LogP contribution in [0.4, 0.5) is 0 Å². The molecule has 0 spiro atoms. The van der Waals surface area contributed by atoms with Crippen LogP contribution in [0.15, 0.2) is 0 Å². The Hall–Kier alpha value is 0.223. The van der Waals surface area contributed by atoms with E-state index >= 15 is 0 Å². The summed E-state index contributed by atoms with van der Waals surface area (Å²) < 4.78 is 0. The second-order valence-corrected chi connectivity index (χ2v) is 2.08. The Morgan fingerprint density at radius 2 is 1.80 bits per heavy atom. The Morgan fingerprint density at radius 3 is 2.10 bits per heavy atom. The number of rotatable bonds is 4. The number of hydrogen-bond acceptors (Lipinski definition) is 2. The van der Waals surface area contributed by atoms with E-state index in [4.69, 9.17) is 0 Å². The molecule has 0 amide bonds. The first kappa shape index (κ1) is 12.9. The van der Waals surface area contributed by atoms with Gasteiger partial charge in [0.15, 0.2) is 11.6 Å². The summed E-state index contributed by atoms with van der Waals surface area (Å²) in [6, 6.07) is 0. The quantitative estimate of drug-likeness (QED) is 0.669. The van der Waals surface area contributed by atoms with Crippen molar-refractivity contribution in [3.63, 3.8) is 0 Å². The van der Waals surface area contributed by atoms with Crippen LogP contribution >= 0.6 is 0 Å². The summed E-state index contributed by atoms with van der Waals surface area (Å²) in [5.41, 5.74) is 0. The van der Waals surface area contributed by atoms with Crippen LogP contribution in [0, 0.1) is 0 Å². The van der Waals surface area contributed by atoms with Crippen molar-refractivity contribution in [2.45, 2.75) is 33.1 Å². The summed E-state index contributed by atoms with van der Waals surface area (Å²) in [6.45, 7) is 3.31. The molecule has 0 rings (SSSR count). The van der Waals surface area contributed by atoms with Crippen molar-refractivity contribution in [1.29, 1.82) is 0 Å². The minimum atomic E-state index is -0.316. The average Bonchev–Trinajstić information content (AvgIpc) is 1.82. The van der Waals surface area contributed by atoms with E-state index in [9.17, 15) is 9.59 Å². The first-order chi connectivity index (χ1) is 4.18. The number of Topliss-reactive ketones (excluding diaryl/α,β-unsaturated/α-hetero) is 2. The van der Waals surface area contributed by atoms with E-state index in [-0.39, 0.29) is 37.8 Å². The molecule has 0 fully saturated rings. The van der Waals surface area contributed by atoms with Crippen molar-refractivity contribution >= 4 is 11.6 Å². The van der Waals surface area contributed by atoms with Gasteiger partial charge in [0, 0.05) is 13.3 Å². The normalized spacial score (nSPS) is 8.20. The van der Waals surface area contributed by atoms with Crippen LogP contribution in [-0.4, -0.2) is 11.6 Å². The van der Waals surface area contributed by atoms with Crippen LogP contribution in [-0.2, 0) is 35.8 Å². The van der Waals surface area contributed by atoms with Gasteiger partial charge in [-0.3, -0.25) is 9.59 Å². The van der Waals surface area contributed by atoms with Gasteiger partial charge in [0.1, 0.15) is 0 Å². The Morgan fingerprint density at radius 1 is 1.30 bits per heavy atom. The monoisotopic (exact) mass is 218 g/mol. The zero-order chi connectivity index (χ0) is 7.28. The number of unbranched alkanes of at least 4 members (excludes halogenated alkanes) is 1. The van der Waals surface area contributed by atoms with Gasteiger partial charge in [0.25, 0.3) is 0 Å². The third kappa shape index (κ3) is 6.34. The molecule has 0 bridgehead atoms.